The second-order valence-corrected chi connectivity index (χ2v) is 10.3. The molecule has 0 aliphatic carbocycles. The summed E-state index contributed by atoms with van der Waals surface area (Å²) < 4.78 is 2.19. The molecule has 34 heavy (non-hydrogen) atoms. The average Bonchev–Trinajstić information content (AvgIpc) is 3.14. The van der Waals surface area contributed by atoms with E-state index >= 15 is 0 Å². The van der Waals surface area contributed by atoms with E-state index in [2.05, 4.69) is 11.0 Å². The summed E-state index contributed by atoms with van der Waals surface area (Å²) >= 11 is 6.88. The second kappa shape index (κ2) is 10.2. The zero-order chi connectivity index (χ0) is 24.4. The third kappa shape index (κ3) is 4.30. The number of piperidine rings is 1. The van der Waals surface area contributed by atoms with E-state index in [9.17, 15) is 14.9 Å². The molecule has 1 atom stereocenters. The summed E-state index contributed by atoms with van der Waals surface area (Å²) in [7, 11) is 0. The molecular formula is C26H28N4O2S2. The molecule has 1 aromatic heterocycles. The van der Waals surface area contributed by atoms with E-state index in [4.69, 9.17) is 12.2 Å². The topological polar surface area (TPSA) is 69.3 Å². The van der Waals surface area contributed by atoms with Crippen LogP contribution in [-0.4, -0.2) is 32.8 Å². The fraction of sp³-hybridized carbons (Fsp3) is 0.385. The number of carbonyl (C=O) groups is 1. The molecule has 0 N–H and O–H groups in total. The Morgan fingerprint density at radius 1 is 1.18 bits per heavy atom. The maximum absolute atomic E-state index is 13.5. The van der Waals surface area contributed by atoms with Crippen LogP contribution in [-0.2, 0) is 11.3 Å². The lowest BCUT2D eigenvalue weighted by atomic mass is 10.0. The highest BCUT2D eigenvalue weighted by atomic mass is 32.2. The highest BCUT2D eigenvalue weighted by Crippen LogP contribution is 2.40. The summed E-state index contributed by atoms with van der Waals surface area (Å²) in [5.41, 5.74) is 2.23. The predicted octanol–water partition coefficient (Wildman–Crippen LogP) is 5.00. The third-order valence-electron chi connectivity index (χ3n) is 6.59. The van der Waals surface area contributed by atoms with Gasteiger partial charge in [-0.1, -0.05) is 54.3 Å². The Morgan fingerprint density at radius 2 is 1.85 bits per heavy atom. The van der Waals surface area contributed by atoms with E-state index in [1.165, 1.54) is 11.8 Å². The summed E-state index contributed by atoms with van der Waals surface area (Å²) in [6.45, 7) is 7.82. The normalized spacial score (nSPS) is 18.5. The molecule has 3 heterocycles. The largest absolute Gasteiger partial charge is 0.357 e. The number of thioether (sulfide) groups is 1. The number of anilines is 1. The fourth-order valence-corrected chi connectivity index (χ4v) is 6.11. The molecule has 0 spiro atoms. The van der Waals surface area contributed by atoms with Crippen molar-refractivity contribution >= 4 is 46.1 Å². The summed E-state index contributed by atoms with van der Waals surface area (Å²) in [5, 5.41) is 9.74. The van der Waals surface area contributed by atoms with Crippen LogP contribution in [0.5, 0.6) is 0 Å². The van der Waals surface area contributed by atoms with E-state index in [-0.39, 0.29) is 23.1 Å². The Kier molecular flexibility index (Phi) is 7.24. The van der Waals surface area contributed by atoms with Crippen LogP contribution in [0.1, 0.15) is 61.4 Å². The van der Waals surface area contributed by atoms with Crippen molar-refractivity contribution in [3.05, 3.63) is 67.8 Å². The summed E-state index contributed by atoms with van der Waals surface area (Å²) in [6, 6.07) is 11.7. The maximum atomic E-state index is 13.5. The monoisotopic (exact) mass is 492 g/mol. The van der Waals surface area contributed by atoms with Gasteiger partial charge in [-0.15, -0.1) is 0 Å². The van der Waals surface area contributed by atoms with Gasteiger partial charge in [-0.3, -0.25) is 19.1 Å². The van der Waals surface area contributed by atoms with Crippen LogP contribution in [0.4, 0.5) is 5.82 Å². The Bertz CT molecular complexity index is 1250. The first kappa shape index (κ1) is 24.2. The van der Waals surface area contributed by atoms with Gasteiger partial charge in [0.2, 0.25) is 0 Å². The third-order valence-corrected chi connectivity index (χ3v) is 7.92. The van der Waals surface area contributed by atoms with Gasteiger partial charge in [0.25, 0.3) is 11.5 Å². The molecule has 2 aromatic rings. The molecule has 1 aromatic carbocycles. The van der Waals surface area contributed by atoms with Gasteiger partial charge in [-0.2, -0.15) is 5.26 Å². The first-order valence-corrected chi connectivity index (χ1v) is 12.9. The molecule has 8 heteroatoms. The van der Waals surface area contributed by atoms with Crippen molar-refractivity contribution < 1.29 is 4.79 Å². The standard InChI is InChI=1S/C26H28N4O2S2/c1-4-29-23(28-13-9-6-10-14-28)20(17(2)21(16-27)24(29)31)15-22-25(32)30(26(33)34-22)18(3)19-11-7-5-8-12-19/h5,7-8,11-12,15,18H,4,6,9-10,13-14H2,1-3H3. The Labute approximate surface area is 209 Å². The number of aromatic nitrogens is 1. The highest BCUT2D eigenvalue weighted by Gasteiger charge is 2.36. The Morgan fingerprint density at radius 3 is 2.47 bits per heavy atom. The number of thiocarbonyl (C=S) groups is 1. The van der Waals surface area contributed by atoms with Crippen LogP contribution in [0.3, 0.4) is 0 Å². The van der Waals surface area contributed by atoms with Gasteiger partial charge >= 0.3 is 0 Å². The van der Waals surface area contributed by atoms with Crippen LogP contribution in [0, 0.1) is 18.3 Å². The van der Waals surface area contributed by atoms with Crippen LogP contribution in [0.2, 0.25) is 0 Å². The fourth-order valence-electron chi connectivity index (χ4n) is 4.71. The molecule has 2 saturated heterocycles. The smallest absolute Gasteiger partial charge is 0.270 e. The lowest BCUT2D eigenvalue weighted by Gasteiger charge is -2.33. The molecule has 0 bridgehead atoms. The summed E-state index contributed by atoms with van der Waals surface area (Å²) in [4.78, 5) is 31.0. The van der Waals surface area contributed by atoms with E-state index in [1.54, 1.807) is 16.4 Å². The van der Waals surface area contributed by atoms with E-state index in [0.29, 0.717) is 21.3 Å². The number of benzene rings is 1. The first-order chi connectivity index (χ1) is 16.4. The summed E-state index contributed by atoms with van der Waals surface area (Å²) in [6.07, 6.45) is 5.09. The average molecular weight is 493 g/mol. The molecule has 176 valence electrons. The van der Waals surface area contributed by atoms with Gasteiger partial charge in [-0.25, -0.2) is 0 Å². The highest BCUT2D eigenvalue weighted by molar-refractivity contribution is 8.26. The lowest BCUT2D eigenvalue weighted by molar-refractivity contribution is -0.123. The summed E-state index contributed by atoms with van der Waals surface area (Å²) in [5.74, 6) is 0.646. The molecule has 2 aliphatic heterocycles. The van der Waals surface area contributed by atoms with Crippen molar-refractivity contribution in [2.24, 2.45) is 0 Å². The van der Waals surface area contributed by atoms with Gasteiger partial charge in [0.15, 0.2) is 0 Å². The maximum Gasteiger partial charge on any atom is 0.270 e. The van der Waals surface area contributed by atoms with Crippen molar-refractivity contribution in [1.82, 2.24) is 9.47 Å². The molecule has 4 rings (SSSR count). The van der Waals surface area contributed by atoms with Crippen LogP contribution < -0.4 is 10.5 Å². The number of hydrogen-bond donors (Lipinski definition) is 0. The lowest BCUT2D eigenvalue weighted by Crippen LogP contribution is -2.37. The number of carbonyl (C=O) groups excluding carboxylic acids is 1. The van der Waals surface area contributed by atoms with Gasteiger partial charge in [-0.05, 0) is 57.2 Å². The zero-order valence-electron chi connectivity index (χ0n) is 19.7. The molecular weight excluding hydrogens is 464 g/mol. The number of pyridine rings is 1. The van der Waals surface area contributed by atoms with Gasteiger partial charge in [0.1, 0.15) is 21.8 Å². The first-order valence-electron chi connectivity index (χ1n) is 11.6. The molecule has 1 amide bonds. The minimum atomic E-state index is -0.273. The molecule has 0 radical (unpaired) electrons. The SMILES string of the molecule is CCn1c(N2CCCCC2)c(C=C2SC(=S)N(C(C)c3ccccc3)C2=O)c(C)c(C#N)c1=O. The second-order valence-electron chi connectivity index (χ2n) is 8.58. The number of amides is 1. The van der Waals surface area contributed by atoms with Crippen LogP contribution in [0.25, 0.3) is 6.08 Å². The van der Waals surface area contributed by atoms with Gasteiger partial charge < -0.3 is 4.90 Å². The van der Waals surface area contributed by atoms with Gasteiger partial charge in [0.05, 0.1) is 10.9 Å². The Hall–Kier alpha value is -2.89. The van der Waals surface area contributed by atoms with Crippen molar-refractivity contribution in [3.63, 3.8) is 0 Å². The zero-order valence-corrected chi connectivity index (χ0v) is 21.3. The van der Waals surface area contributed by atoms with Crippen molar-refractivity contribution in [2.45, 2.75) is 52.6 Å². The van der Waals surface area contributed by atoms with Gasteiger partial charge in [0, 0.05) is 25.2 Å². The van der Waals surface area contributed by atoms with Crippen molar-refractivity contribution in [2.75, 3.05) is 18.0 Å². The van der Waals surface area contributed by atoms with E-state index < -0.39 is 0 Å². The number of rotatable bonds is 5. The quantitative estimate of drug-likeness (QED) is 0.432. The molecule has 0 saturated carbocycles. The van der Waals surface area contributed by atoms with E-state index in [0.717, 1.165) is 49.3 Å². The number of hydrogen-bond acceptors (Lipinski definition) is 6. The van der Waals surface area contributed by atoms with Crippen LogP contribution >= 0.6 is 24.0 Å². The molecule has 2 fully saturated rings. The molecule has 1 unspecified atom stereocenters. The number of nitrogens with zero attached hydrogens (tertiary/aromatic N) is 4. The number of nitriles is 1. The molecule has 6 nitrogen and oxygen atoms in total. The predicted molar refractivity (Wildman–Crippen MR) is 142 cm³/mol. The van der Waals surface area contributed by atoms with Crippen molar-refractivity contribution in [1.29, 1.82) is 5.26 Å². The minimum absolute atomic E-state index is 0.127. The van der Waals surface area contributed by atoms with Crippen LogP contribution in [0.15, 0.2) is 40.0 Å². The van der Waals surface area contributed by atoms with E-state index in [1.807, 2.05) is 50.3 Å². The molecule has 2 aliphatic rings. The minimum Gasteiger partial charge on any atom is -0.357 e. The Balaban J connectivity index is 1.83. The van der Waals surface area contributed by atoms with Crippen molar-refractivity contribution in [3.8, 4) is 6.07 Å².